The van der Waals surface area contributed by atoms with Crippen LogP contribution >= 0.6 is 0 Å². The first-order chi connectivity index (χ1) is 10.1. The van der Waals surface area contributed by atoms with Gasteiger partial charge in [0.25, 0.3) is 10.1 Å². The van der Waals surface area contributed by atoms with Crippen molar-refractivity contribution in [3.8, 4) is 0 Å². The lowest BCUT2D eigenvalue weighted by Gasteiger charge is -2.24. The Hall–Kier alpha value is -0.0900. The third-order valence-electron chi connectivity index (χ3n) is 4.53. The maximum Gasteiger partial charge on any atom is 0.264 e. The molecule has 0 aliphatic heterocycles. The second-order valence-corrected chi connectivity index (χ2v) is 8.29. The van der Waals surface area contributed by atoms with E-state index in [1.54, 1.807) is 0 Å². The number of hydrogen-bond acceptors (Lipinski definition) is 3. The molecule has 0 bridgehead atoms. The molecule has 0 atom stereocenters. The van der Waals surface area contributed by atoms with Gasteiger partial charge in [-0.25, -0.2) is 0 Å². The topological polar surface area (TPSA) is 43.4 Å². The second-order valence-electron chi connectivity index (χ2n) is 6.65. The highest BCUT2D eigenvalue weighted by Gasteiger charge is 2.15. The number of hydrogen-bond donors (Lipinski definition) is 0. The lowest BCUT2D eigenvalue weighted by molar-refractivity contribution is 0.286. The van der Waals surface area contributed by atoms with Gasteiger partial charge in [0.1, 0.15) is 0 Å². The number of unbranched alkanes of at least 4 members (excludes halogenated alkanes) is 9. The molecule has 21 heavy (non-hydrogen) atoms. The van der Waals surface area contributed by atoms with Crippen LogP contribution in [0.3, 0.4) is 0 Å². The summed E-state index contributed by atoms with van der Waals surface area (Å²) in [5, 5.41) is 0. The number of rotatable bonds is 14. The van der Waals surface area contributed by atoms with Gasteiger partial charge in [-0.05, 0) is 12.3 Å². The van der Waals surface area contributed by atoms with Gasteiger partial charge < -0.3 is 0 Å². The fourth-order valence-electron chi connectivity index (χ4n) is 2.94. The van der Waals surface area contributed by atoms with Crippen LogP contribution in [0.5, 0.6) is 0 Å². The van der Waals surface area contributed by atoms with Gasteiger partial charge in [0, 0.05) is 0 Å². The van der Waals surface area contributed by atoms with Crippen molar-refractivity contribution in [3.05, 3.63) is 0 Å². The molecule has 4 heteroatoms. The van der Waals surface area contributed by atoms with Gasteiger partial charge in [0.15, 0.2) is 0 Å². The molecule has 0 aromatic heterocycles. The molecular formula is C17H34O3S. The van der Waals surface area contributed by atoms with Gasteiger partial charge in [-0.3, -0.25) is 4.18 Å². The zero-order valence-electron chi connectivity index (χ0n) is 13.8. The van der Waals surface area contributed by atoms with E-state index < -0.39 is 10.1 Å². The van der Waals surface area contributed by atoms with Crippen LogP contribution in [-0.2, 0) is 14.3 Å². The first-order valence-electron chi connectivity index (χ1n) is 8.92. The molecule has 1 aliphatic rings. The van der Waals surface area contributed by atoms with Crippen molar-refractivity contribution in [2.24, 2.45) is 5.92 Å². The van der Waals surface area contributed by atoms with E-state index in [0.717, 1.165) is 25.0 Å². The quantitative estimate of drug-likeness (QED) is 0.332. The molecule has 1 saturated carbocycles. The average Bonchev–Trinajstić information content (AvgIpc) is 2.35. The monoisotopic (exact) mass is 318 g/mol. The van der Waals surface area contributed by atoms with E-state index >= 15 is 0 Å². The lowest BCUT2D eigenvalue weighted by Crippen LogP contribution is -2.10. The summed E-state index contributed by atoms with van der Waals surface area (Å²) in [6, 6.07) is 0. The molecule has 0 saturated heterocycles. The minimum absolute atomic E-state index is 0.347. The Labute approximate surface area is 132 Å². The highest BCUT2D eigenvalue weighted by molar-refractivity contribution is 7.85. The molecule has 1 rings (SSSR count). The standard InChI is InChI=1S/C17H34O3S/c1-21(18,19)20-16-11-9-7-5-3-2-4-6-8-10-13-17-14-12-15-17/h17H,2-16H2,1H3. The highest BCUT2D eigenvalue weighted by Crippen LogP contribution is 2.31. The smallest absolute Gasteiger partial charge is 0.264 e. The van der Waals surface area contributed by atoms with Crippen LogP contribution in [-0.4, -0.2) is 21.3 Å². The van der Waals surface area contributed by atoms with Crippen LogP contribution in [0, 0.1) is 5.92 Å². The fourth-order valence-corrected chi connectivity index (χ4v) is 3.36. The molecule has 1 aliphatic carbocycles. The maximum atomic E-state index is 10.7. The predicted molar refractivity (Wildman–Crippen MR) is 88.9 cm³/mol. The predicted octanol–water partition coefficient (Wildman–Crippen LogP) is 5.05. The summed E-state index contributed by atoms with van der Waals surface area (Å²) in [7, 11) is -3.24. The van der Waals surface area contributed by atoms with Crippen LogP contribution in [0.15, 0.2) is 0 Å². The minimum atomic E-state index is -3.24. The third kappa shape index (κ3) is 12.2. The summed E-state index contributed by atoms with van der Waals surface area (Å²) in [6.07, 6.45) is 19.9. The molecule has 0 amide bonds. The van der Waals surface area contributed by atoms with Gasteiger partial charge in [-0.1, -0.05) is 83.5 Å². The molecule has 3 nitrogen and oxygen atoms in total. The highest BCUT2D eigenvalue weighted by atomic mass is 32.2. The normalized spacial score (nSPS) is 16.0. The van der Waals surface area contributed by atoms with Crippen molar-refractivity contribution >= 4 is 10.1 Å². The molecule has 1 fully saturated rings. The Bertz CT molecular complexity index is 334. The fraction of sp³-hybridized carbons (Fsp3) is 1.00. The molecule has 0 aromatic carbocycles. The summed E-state index contributed by atoms with van der Waals surface area (Å²) in [5.41, 5.74) is 0. The van der Waals surface area contributed by atoms with E-state index in [-0.39, 0.29) is 0 Å². The van der Waals surface area contributed by atoms with Gasteiger partial charge >= 0.3 is 0 Å². The molecule has 0 heterocycles. The Kier molecular flexibility index (Phi) is 10.4. The Balaban J connectivity index is 1.68. The van der Waals surface area contributed by atoms with E-state index in [1.165, 1.54) is 77.0 Å². The molecule has 0 spiro atoms. The molecule has 0 radical (unpaired) electrons. The van der Waals surface area contributed by atoms with Crippen LogP contribution in [0.25, 0.3) is 0 Å². The van der Waals surface area contributed by atoms with Gasteiger partial charge in [0.2, 0.25) is 0 Å². The summed E-state index contributed by atoms with van der Waals surface area (Å²) in [6.45, 7) is 0.347. The van der Waals surface area contributed by atoms with Gasteiger partial charge in [-0.2, -0.15) is 8.42 Å². The largest absolute Gasteiger partial charge is 0.270 e. The van der Waals surface area contributed by atoms with Gasteiger partial charge in [0.05, 0.1) is 12.9 Å². The lowest BCUT2D eigenvalue weighted by atomic mass is 9.81. The minimum Gasteiger partial charge on any atom is -0.270 e. The van der Waals surface area contributed by atoms with E-state index in [0.29, 0.717) is 6.61 Å². The Morgan fingerprint density at radius 3 is 1.71 bits per heavy atom. The van der Waals surface area contributed by atoms with E-state index in [1.807, 2.05) is 0 Å². The second kappa shape index (κ2) is 11.5. The first kappa shape index (κ1) is 19.0. The van der Waals surface area contributed by atoms with E-state index in [2.05, 4.69) is 0 Å². The van der Waals surface area contributed by atoms with Crippen molar-refractivity contribution in [1.82, 2.24) is 0 Å². The van der Waals surface area contributed by atoms with Crippen LogP contribution < -0.4 is 0 Å². The average molecular weight is 319 g/mol. The summed E-state index contributed by atoms with van der Waals surface area (Å²) in [5.74, 6) is 1.08. The van der Waals surface area contributed by atoms with Gasteiger partial charge in [-0.15, -0.1) is 0 Å². The Morgan fingerprint density at radius 2 is 1.29 bits per heavy atom. The molecular weight excluding hydrogens is 284 g/mol. The zero-order valence-corrected chi connectivity index (χ0v) is 14.6. The molecule has 0 N–H and O–H groups in total. The van der Waals surface area contributed by atoms with E-state index in [4.69, 9.17) is 4.18 Å². The van der Waals surface area contributed by atoms with Crippen LogP contribution in [0.4, 0.5) is 0 Å². The van der Waals surface area contributed by atoms with Crippen molar-refractivity contribution in [3.63, 3.8) is 0 Å². The molecule has 0 unspecified atom stereocenters. The van der Waals surface area contributed by atoms with E-state index in [9.17, 15) is 8.42 Å². The summed E-state index contributed by atoms with van der Waals surface area (Å²) in [4.78, 5) is 0. The van der Waals surface area contributed by atoms with Crippen molar-refractivity contribution in [1.29, 1.82) is 0 Å². The van der Waals surface area contributed by atoms with Crippen molar-refractivity contribution < 1.29 is 12.6 Å². The first-order valence-corrected chi connectivity index (χ1v) is 10.7. The maximum absolute atomic E-state index is 10.7. The molecule has 0 aromatic rings. The summed E-state index contributed by atoms with van der Waals surface area (Å²) >= 11 is 0. The van der Waals surface area contributed by atoms with Crippen molar-refractivity contribution in [2.75, 3.05) is 12.9 Å². The molecule has 126 valence electrons. The Morgan fingerprint density at radius 1 is 0.810 bits per heavy atom. The van der Waals surface area contributed by atoms with Crippen LogP contribution in [0.2, 0.25) is 0 Å². The van der Waals surface area contributed by atoms with Crippen molar-refractivity contribution in [2.45, 2.75) is 89.9 Å². The SMILES string of the molecule is CS(=O)(=O)OCCCCCCCCCCCCC1CCC1. The summed E-state index contributed by atoms with van der Waals surface area (Å²) < 4.78 is 26.2. The zero-order chi connectivity index (χ0) is 15.4. The van der Waals surface area contributed by atoms with Crippen LogP contribution in [0.1, 0.15) is 89.9 Å². The third-order valence-corrected chi connectivity index (χ3v) is 5.12.